The smallest absolute Gasteiger partial charge is 0.414 e. The van der Waals surface area contributed by atoms with Gasteiger partial charge in [-0.3, -0.25) is 4.79 Å². The van der Waals surface area contributed by atoms with Crippen molar-refractivity contribution in [3.05, 3.63) is 65.2 Å². The molecule has 0 unspecified atom stereocenters. The van der Waals surface area contributed by atoms with E-state index in [1.165, 1.54) is 5.56 Å². The summed E-state index contributed by atoms with van der Waals surface area (Å²) < 4.78 is 0. The van der Waals surface area contributed by atoms with Gasteiger partial charge in [0.1, 0.15) is 0 Å². The van der Waals surface area contributed by atoms with E-state index in [2.05, 4.69) is 28.4 Å². The first kappa shape index (κ1) is 22.9. The molecule has 0 aliphatic rings. The predicted octanol–water partition coefficient (Wildman–Crippen LogP) is 2.92. The molecule has 2 aromatic rings. The van der Waals surface area contributed by atoms with E-state index in [0.29, 0.717) is 6.42 Å². The summed E-state index contributed by atoms with van der Waals surface area (Å²) in [5.74, 6) is -3.59. The average molecular weight is 386 g/mol. The molecule has 2 rings (SSSR count). The zero-order chi connectivity index (χ0) is 21.1. The summed E-state index contributed by atoms with van der Waals surface area (Å²) in [7, 11) is 2.04. The number of carboxylic acid groups (broad SMARTS) is 2. The summed E-state index contributed by atoms with van der Waals surface area (Å²) in [6.07, 6.45) is 0.496. The average Bonchev–Trinajstić information content (AvgIpc) is 2.60. The third kappa shape index (κ3) is 9.49. The molecular formula is C21H26N2O5. The van der Waals surface area contributed by atoms with Crippen LogP contribution in [0.2, 0.25) is 0 Å². The lowest BCUT2D eigenvalue weighted by Gasteiger charge is -2.16. The molecule has 0 saturated heterocycles. The van der Waals surface area contributed by atoms with Crippen LogP contribution in [0.4, 0.5) is 5.69 Å². The number of carboxylic acids is 2. The Labute approximate surface area is 164 Å². The van der Waals surface area contributed by atoms with E-state index < -0.39 is 11.9 Å². The second-order valence-corrected chi connectivity index (χ2v) is 6.51. The van der Waals surface area contributed by atoms with E-state index in [1.54, 1.807) is 0 Å². The highest BCUT2D eigenvalue weighted by Crippen LogP contribution is 2.14. The van der Waals surface area contributed by atoms with Gasteiger partial charge in [-0.15, -0.1) is 0 Å². The Morgan fingerprint density at radius 1 is 0.929 bits per heavy atom. The molecule has 0 radical (unpaired) electrons. The monoisotopic (exact) mass is 386 g/mol. The molecule has 3 N–H and O–H groups in total. The Morgan fingerprint density at radius 3 is 1.96 bits per heavy atom. The zero-order valence-corrected chi connectivity index (χ0v) is 16.3. The van der Waals surface area contributed by atoms with Crippen molar-refractivity contribution in [3.63, 3.8) is 0 Å². The van der Waals surface area contributed by atoms with Crippen molar-refractivity contribution < 1.29 is 24.6 Å². The van der Waals surface area contributed by atoms with E-state index in [-0.39, 0.29) is 5.91 Å². The van der Waals surface area contributed by atoms with Crippen molar-refractivity contribution in [1.29, 1.82) is 0 Å². The van der Waals surface area contributed by atoms with Gasteiger partial charge < -0.3 is 20.4 Å². The van der Waals surface area contributed by atoms with Crippen LogP contribution in [0.1, 0.15) is 23.1 Å². The number of amides is 1. The minimum absolute atomic E-state index is 0.0601. The van der Waals surface area contributed by atoms with E-state index in [9.17, 15) is 4.79 Å². The van der Waals surface area contributed by atoms with Crippen LogP contribution in [-0.4, -0.2) is 46.6 Å². The number of nitrogens with one attached hydrogen (secondary N) is 1. The molecule has 0 atom stereocenters. The van der Waals surface area contributed by atoms with Crippen LogP contribution in [0.15, 0.2) is 48.5 Å². The third-order valence-corrected chi connectivity index (χ3v) is 3.70. The number of rotatable bonds is 6. The first-order valence-corrected chi connectivity index (χ1v) is 8.74. The lowest BCUT2D eigenvalue weighted by molar-refractivity contribution is -0.159. The summed E-state index contributed by atoms with van der Waals surface area (Å²) in [4.78, 5) is 32.4. The molecule has 0 spiro atoms. The van der Waals surface area contributed by atoms with E-state index in [1.807, 2.05) is 51.2 Å². The maximum atomic E-state index is 12.1. The van der Waals surface area contributed by atoms with Gasteiger partial charge in [-0.1, -0.05) is 36.4 Å². The van der Waals surface area contributed by atoms with Crippen molar-refractivity contribution in [2.24, 2.45) is 0 Å². The molecule has 0 heterocycles. The Kier molecular flexibility index (Phi) is 9.39. The number of benzene rings is 2. The molecule has 0 aliphatic heterocycles. The number of aliphatic carboxylic acids is 2. The topological polar surface area (TPSA) is 107 Å². The fraction of sp³-hybridized carbons (Fsp3) is 0.286. The number of aryl methyl sites for hydroxylation is 2. The number of carbonyl (C=O) groups is 3. The van der Waals surface area contributed by atoms with Gasteiger partial charge >= 0.3 is 11.9 Å². The molecule has 0 saturated carbocycles. The number of hydrogen-bond acceptors (Lipinski definition) is 4. The maximum Gasteiger partial charge on any atom is 0.414 e. The van der Waals surface area contributed by atoms with Gasteiger partial charge in [-0.2, -0.15) is 0 Å². The van der Waals surface area contributed by atoms with Gasteiger partial charge in [0.15, 0.2) is 0 Å². The van der Waals surface area contributed by atoms with Gasteiger partial charge in [0.05, 0.1) is 0 Å². The highest BCUT2D eigenvalue weighted by Gasteiger charge is 2.06. The van der Waals surface area contributed by atoms with Crippen molar-refractivity contribution in [1.82, 2.24) is 4.90 Å². The first-order valence-electron chi connectivity index (χ1n) is 8.74. The van der Waals surface area contributed by atoms with Crippen LogP contribution in [0.5, 0.6) is 0 Å². The van der Waals surface area contributed by atoms with Gasteiger partial charge in [0.25, 0.3) is 0 Å². The first-order chi connectivity index (χ1) is 13.2. The summed E-state index contributed by atoms with van der Waals surface area (Å²) in [5, 5.41) is 17.8. The normalized spacial score (nSPS) is 10.0. The second-order valence-electron chi connectivity index (χ2n) is 6.51. The zero-order valence-electron chi connectivity index (χ0n) is 16.3. The molecule has 0 fully saturated rings. The highest BCUT2D eigenvalue weighted by atomic mass is 16.4. The minimum Gasteiger partial charge on any atom is -0.473 e. The van der Waals surface area contributed by atoms with Crippen molar-refractivity contribution >= 4 is 23.5 Å². The third-order valence-electron chi connectivity index (χ3n) is 3.70. The van der Waals surface area contributed by atoms with Crippen LogP contribution in [0, 0.1) is 13.8 Å². The van der Waals surface area contributed by atoms with Gasteiger partial charge in [-0.25, -0.2) is 9.59 Å². The molecule has 7 heteroatoms. The Morgan fingerprint density at radius 2 is 1.46 bits per heavy atom. The van der Waals surface area contributed by atoms with Crippen LogP contribution in [0.3, 0.4) is 0 Å². The Bertz CT molecular complexity index is 773. The molecule has 0 bridgehead atoms. The second kappa shape index (κ2) is 11.5. The molecule has 0 aliphatic carbocycles. The van der Waals surface area contributed by atoms with Crippen molar-refractivity contribution in [2.45, 2.75) is 26.8 Å². The molecule has 2 aromatic carbocycles. The fourth-order valence-corrected chi connectivity index (χ4v) is 2.54. The molecule has 1 amide bonds. The van der Waals surface area contributed by atoms with Gasteiger partial charge in [0.2, 0.25) is 5.91 Å². The van der Waals surface area contributed by atoms with E-state index in [4.69, 9.17) is 19.8 Å². The Balaban J connectivity index is 0.000000568. The number of hydrogen-bond donors (Lipinski definition) is 3. The Hall–Kier alpha value is -3.19. The number of nitrogens with zero attached hydrogens (tertiary/aromatic N) is 1. The van der Waals surface area contributed by atoms with E-state index in [0.717, 1.165) is 29.9 Å². The van der Waals surface area contributed by atoms with Crippen LogP contribution in [0.25, 0.3) is 0 Å². The lowest BCUT2D eigenvalue weighted by atomic mass is 10.1. The highest BCUT2D eigenvalue weighted by molar-refractivity contribution is 6.27. The van der Waals surface area contributed by atoms with E-state index >= 15 is 0 Å². The molecule has 0 aromatic heterocycles. The largest absolute Gasteiger partial charge is 0.473 e. The molecular weight excluding hydrogens is 360 g/mol. The summed E-state index contributed by atoms with van der Waals surface area (Å²) in [5.41, 5.74) is 4.47. The number of anilines is 1. The maximum absolute atomic E-state index is 12.1. The SMILES string of the molecule is Cc1cc(C)cc(NC(=O)CCN(C)Cc2ccccc2)c1.O=C(O)C(=O)O. The lowest BCUT2D eigenvalue weighted by Crippen LogP contribution is -2.24. The predicted molar refractivity (Wildman–Crippen MR) is 107 cm³/mol. The molecule has 28 heavy (non-hydrogen) atoms. The molecule has 150 valence electrons. The summed E-state index contributed by atoms with van der Waals surface area (Å²) in [6.45, 7) is 5.68. The van der Waals surface area contributed by atoms with Crippen LogP contribution in [-0.2, 0) is 20.9 Å². The molecule has 7 nitrogen and oxygen atoms in total. The standard InChI is InChI=1S/C19H24N2O.C2H2O4/c1-15-11-16(2)13-18(12-15)20-19(22)9-10-21(3)14-17-7-5-4-6-8-17;3-1(4)2(5)6/h4-8,11-13H,9-10,14H2,1-3H3,(H,20,22);(H,3,4)(H,5,6). The number of carbonyl (C=O) groups excluding carboxylic acids is 1. The van der Waals surface area contributed by atoms with Gasteiger partial charge in [-0.05, 0) is 49.7 Å². The van der Waals surface area contributed by atoms with Crippen LogP contribution >= 0.6 is 0 Å². The van der Waals surface area contributed by atoms with Crippen molar-refractivity contribution in [2.75, 3.05) is 18.9 Å². The quantitative estimate of drug-likeness (QED) is 0.659. The minimum atomic E-state index is -1.82. The van der Waals surface area contributed by atoms with Crippen LogP contribution < -0.4 is 5.32 Å². The summed E-state index contributed by atoms with van der Waals surface area (Å²) in [6, 6.07) is 16.4. The van der Waals surface area contributed by atoms with Gasteiger partial charge in [0, 0.05) is 25.2 Å². The van der Waals surface area contributed by atoms with Crippen molar-refractivity contribution in [3.8, 4) is 0 Å². The fourth-order valence-electron chi connectivity index (χ4n) is 2.54. The summed E-state index contributed by atoms with van der Waals surface area (Å²) >= 11 is 0.